The molecule has 3 aromatic rings. The Hall–Kier alpha value is -3.75. The van der Waals surface area contributed by atoms with Crippen LogP contribution in [0, 0.1) is 26.7 Å². The summed E-state index contributed by atoms with van der Waals surface area (Å²) in [5.41, 5.74) is 4.04. The standard InChI is InChI=1S/C23H26N6O3/c1-5-17-11-20(30)26-23(24-17)29-19(9-15(4)27-29)25-22(32)16-10-21(31)28(12-16)18-7-6-13(2)14(3)8-18/h6-9,11,16H,5,10,12H2,1-4H3,(H,25,32)(H,24,26,30). The van der Waals surface area contributed by atoms with Crippen LogP contribution in [0.2, 0.25) is 0 Å². The van der Waals surface area contributed by atoms with Gasteiger partial charge in [0.2, 0.25) is 17.8 Å². The van der Waals surface area contributed by atoms with Crippen molar-refractivity contribution < 1.29 is 9.59 Å². The Morgan fingerprint density at radius 1 is 1.16 bits per heavy atom. The van der Waals surface area contributed by atoms with E-state index >= 15 is 0 Å². The molecule has 32 heavy (non-hydrogen) atoms. The van der Waals surface area contributed by atoms with Gasteiger partial charge in [0.25, 0.3) is 5.56 Å². The van der Waals surface area contributed by atoms with Gasteiger partial charge in [0.15, 0.2) is 0 Å². The van der Waals surface area contributed by atoms with E-state index in [0.29, 0.717) is 30.2 Å². The Morgan fingerprint density at radius 3 is 2.66 bits per heavy atom. The van der Waals surface area contributed by atoms with Crippen LogP contribution < -0.4 is 15.8 Å². The lowest BCUT2D eigenvalue weighted by atomic mass is 10.1. The van der Waals surface area contributed by atoms with Gasteiger partial charge in [-0.3, -0.25) is 19.4 Å². The first kappa shape index (κ1) is 21.5. The number of aromatic nitrogens is 4. The van der Waals surface area contributed by atoms with Crippen molar-refractivity contribution >= 4 is 23.3 Å². The molecule has 1 aliphatic heterocycles. The first-order valence-electron chi connectivity index (χ1n) is 10.6. The van der Waals surface area contributed by atoms with Gasteiger partial charge in [-0.1, -0.05) is 13.0 Å². The monoisotopic (exact) mass is 434 g/mol. The number of hydrogen-bond donors (Lipinski definition) is 2. The molecule has 1 fully saturated rings. The fourth-order valence-electron chi connectivity index (χ4n) is 3.78. The normalized spacial score (nSPS) is 15.9. The second-order valence-corrected chi connectivity index (χ2v) is 8.16. The number of aromatic amines is 1. The molecule has 1 aliphatic rings. The van der Waals surface area contributed by atoms with Gasteiger partial charge in [-0.25, -0.2) is 4.98 Å². The van der Waals surface area contributed by atoms with Crippen molar-refractivity contribution in [2.45, 2.75) is 40.5 Å². The number of carbonyl (C=O) groups excluding carboxylic acids is 2. The van der Waals surface area contributed by atoms with Crippen molar-refractivity contribution in [2.75, 3.05) is 16.8 Å². The number of aryl methyl sites for hydroxylation is 4. The van der Waals surface area contributed by atoms with Crippen LogP contribution in [0.4, 0.5) is 11.5 Å². The number of H-pyrrole nitrogens is 1. The minimum absolute atomic E-state index is 0.0836. The molecule has 2 amide bonds. The fraction of sp³-hybridized carbons (Fsp3) is 0.348. The van der Waals surface area contributed by atoms with E-state index in [4.69, 9.17) is 0 Å². The highest BCUT2D eigenvalue weighted by atomic mass is 16.2. The smallest absolute Gasteiger partial charge is 0.252 e. The van der Waals surface area contributed by atoms with Crippen LogP contribution in [-0.4, -0.2) is 38.1 Å². The van der Waals surface area contributed by atoms with E-state index in [1.807, 2.05) is 39.0 Å². The average Bonchev–Trinajstić information content (AvgIpc) is 3.32. The summed E-state index contributed by atoms with van der Waals surface area (Å²) in [6, 6.07) is 8.99. The summed E-state index contributed by atoms with van der Waals surface area (Å²) in [6.45, 7) is 8.01. The lowest BCUT2D eigenvalue weighted by Crippen LogP contribution is -2.29. The zero-order chi connectivity index (χ0) is 23.0. The third-order valence-corrected chi connectivity index (χ3v) is 5.73. The van der Waals surface area contributed by atoms with Gasteiger partial charge < -0.3 is 10.2 Å². The molecule has 1 saturated heterocycles. The van der Waals surface area contributed by atoms with Crippen LogP contribution in [0.5, 0.6) is 0 Å². The highest BCUT2D eigenvalue weighted by Crippen LogP contribution is 2.28. The Bertz CT molecular complexity index is 1260. The second kappa shape index (κ2) is 8.41. The number of benzene rings is 1. The molecule has 0 spiro atoms. The van der Waals surface area contributed by atoms with Gasteiger partial charge >= 0.3 is 0 Å². The molecule has 9 nitrogen and oxygen atoms in total. The van der Waals surface area contributed by atoms with E-state index < -0.39 is 5.92 Å². The lowest BCUT2D eigenvalue weighted by Gasteiger charge is -2.18. The van der Waals surface area contributed by atoms with Crippen LogP contribution in [-0.2, 0) is 16.0 Å². The third-order valence-electron chi connectivity index (χ3n) is 5.73. The molecular formula is C23H26N6O3. The molecule has 0 saturated carbocycles. The Labute approximate surface area is 185 Å². The topological polar surface area (TPSA) is 113 Å². The number of nitrogens with zero attached hydrogens (tertiary/aromatic N) is 4. The Morgan fingerprint density at radius 2 is 1.94 bits per heavy atom. The van der Waals surface area contributed by atoms with Crippen LogP contribution in [0.15, 0.2) is 35.1 Å². The van der Waals surface area contributed by atoms with Gasteiger partial charge in [0.05, 0.1) is 11.6 Å². The van der Waals surface area contributed by atoms with E-state index in [9.17, 15) is 14.4 Å². The minimum atomic E-state index is -0.498. The van der Waals surface area contributed by atoms with Crippen molar-refractivity contribution in [3.05, 3.63) is 63.2 Å². The maximum atomic E-state index is 13.0. The molecule has 1 atom stereocenters. The molecule has 9 heteroatoms. The Balaban J connectivity index is 1.55. The lowest BCUT2D eigenvalue weighted by molar-refractivity contribution is -0.122. The predicted molar refractivity (Wildman–Crippen MR) is 121 cm³/mol. The first-order valence-corrected chi connectivity index (χ1v) is 10.6. The SMILES string of the molecule is CCc1cc(=O)[nH]c(-n2nc(C)cc2NC(=O)C2CC(=O)N(c3ccc(C)c(C)c3)C2)n1. The summed E-state index contributed by atoms with van der Waals surface area (Å²) in [5.74, 6) is -0.237. The largest absolute Gasteiger partial charge is 0.312 e. The maximum Gasteiger partial charge on any atom is 0.252 e. The quantitative estimate of drug-likeness (QED) is 0.640. The molecular weight excluding hydrogens is 408 g/mol. The van der Waals surface area contributed by atoms with Crippen LogP contribution >= 0.6 is 0 Å². The van der Waals surface area contributed by atoms with Gasteiger partial charge in [-0.15, -0.1) is 0 Å². The van der Waals surface area contributed by atoms with Gasteiger partial charge in [-0.05, 0) is 50.5 Å². The highest BCUT2D eigenvalue weighted by molar-refractivity contribution is 6.03. The summed E-state index contributed by atoms with van der Waals surface area (Å²) in [5, 5.41) is 7.23. The fourth-order valence-corrected chi connectivity index (χ4v) is 3.78. The van der Waals surface area contributed by atoms with Gasteiger partial charge in [0.1, 0.15) is 5.82 Å². The zero-order valence-electron chi connectivity index (χ0n) is 18.6. The Kier molecular flexibility index (Phi) is 5.65. The molecule has 0 bridgehead atoms. The molecule has 2 aromatic heterocycles. The van der Waals surface area contributed by atoms with E-state index in [2.05, 4.69) is 20.4 Å². The second-order valence-electron chi connectivity index (χ2n) is 8.16. The molecule has 2 N–H and O–H groups in total. The molecule has 0 aliphatic carbocycles. The van der Waals surface area contributed by atoms with Crippen LogP contribution in [0.1, 0.15) is 35.9 Å². The van der Waals surface area contributed by atoms with Gasteiger partial charge in [0, 0.05) is 36.5 Å². The molecule has 0 radical (unpaired) electrons. The molecule has 1 unspecified atom stereocenters. The number of nitrogens with one attached hydrogen (secondary N) is 2. The highest BCUT2D eigenvalue weighted by Gasteiger charge is 2.35. The number of amides is 2. The van der Waals surface area contributed by atoms with Crippen molar-refractivity contribution in [3.8, 4) is 5.95 Å². The number of anilines is 2. The predicted octanol–water partition coefficient (Wildman–Crippen LogP) is 2.43. The first-order chi connectivity index (χ1) is 15.2. The summed E-state index contributed by atoms with van der Waals surface area (Å²) in [6.07, 6.45) is 0.726. The summed E-state index contributed by atoms with van der Waals surface area (Å²) >= 11 is 0. The van der Waals surface area contributed by atoms with E-state index in [0.717, 1.165) is 16.8 Å². The minimum Gasteiger partial charge on any atom is -0.312 e. The van der Waals surface area contributed by atoms with E-state index in [1.54, 1.807) is 17.9 Å². The van der Waals surface area contributed by atoms with Crippen LogP contribution in [0.3, 0.4) is 0 Å². The third kappa shape index (κ3) is 4.18. The number of carbonyl (C=O) groups is 2. The number of hydrogen-bond acceptors (Lipinski definition) is 5. The molecule has 4 rings (SSSR count). The average molecular weight is 435 g/mol. The molecule has 166 valence electrons. The zero-order valence-corrected chi connectivity index (χ0v) is 18.6. The van der Waals surface area contributed by atoms with Crippen LogP contribution in [0.25, 0.3) is 5.95 Å². The number of rotatable bonds is 5. The maximum absolute atomic E-state index is 13.0. The summed E-state index contributed by atoms with van der Waals surface area (Å²) in [4.78, 5) is 46.3. The van der Waals surface area contributed by atoms with Crippen molar-refractivity contribution in [1.29, 1.82) is 0 Å². The van der Waals surface area contributed by atoms with Crippen molar-refractivity contribution in [1.82, 2.24) is 19.7 Å². The molecule has 1 aromatic carbocycles. The van der Waals surface area contributed by atoms with E-state index in [1.165, 1.54) is 10.7 Å². The van der Waals surface area contributed by atoms with Crippen molar-refractivity contribution in [3.63, 3.8) is 0 Å². The van der Waals surface area contributed by atoms with Gasteiger partial charge in [-0.2, -0.15) is 9.78 Å². The summed E-state index contributed by atoms with van der Waals surface area (Å²) in [7, 11) is 0. The van der Waals surface area contributed by atoms with Crippen molar-refractivity contribution in [2.24, 2.45) is 5.92 Å². The van der Waals surface area contributed by atoms with E-state index in [-0.39, 0.29) is 29.7 Å². The summed E-state index contributed by atoms with van der Waals surface area (Å²) < 4.78 is 1.41. The molecule has 3 heterocycles.